The van der Waals surface area contributed by atoms with Gasteiger partial charge in [-0.1, -0.05) is 6.07 Å². The summed E-state index contributed by atoms with van der Waals surface area (Å²) in [6.45, 7) is 4.29. The minimum atomic E-state index is 0.567. The fraction of sp³-hybridized carbons (Fsp3) is 0.538. The number of ether oxygens (including phenoxy) is 1. The Labute approximate surface area is 97.2 Å². The van der Waals surface area contributed by atoms with Crippen molar-refractivity contribution in [1.82, 2.24) is 5.32 Å². The Kier molecular flexibility index (Phi) is 3.67. The topological polar surface area (TPSA) is 33.3 Å². The third-order valence-corrected chi connectivity index (χ3v) is 3.06. The van der Waals surface area contributed by atoms with Crippen molar-refractivity contribution >= 4 is 5.69 Å². The maximum Gasteiger partial charge on any atom is 0.142 e. The van der Waals surface area contributed by atoms with E-state index in [0.29, 0.717) is 6.04 Å². The van der Waals surface area contributed by atoms with Gasteiger partial charge >= 0.3 is 0 Å². The molecule has 3 heteroatoms. The number of hydrogen-bond donors (Lipinski definition) is 2. The molecule has 88 valence electrons. The van der Waals surface area contributed by atoms with E-state index >= 15 is 0 Å². The van der Waals surface area contributed by atoms with Crippen molar-refractivity contribution in [1.29, 1.82) is 0 Å². The lowest BCUT2D eigenvalue weighted by molar-refractivity contribution is 0.413. The highest BCUT2D eigenvalue weighted by Gasteiger charge is 2.14. The van der Waals surface area contributed by atoms with E-state index in [-0.39, 0.29) is 0 Å². The standard InChI is InChI=1S/C13H20N2O/c1-10-3-4-12(13(9-10)16-2)15-11-5-7-14-8-6-11/h3-4,9,11,14-15H,5-8H2,1-2H3. The number of hydrogen-bond acceptors (Lipinski definition) is 3. The van der Waals surface area contributed by atoms with Gasteiger partial charge in [-0.2, -0.15) is 0 Å². The molecular formula is C13H20N2O. The average Bonchev–Trinajstić information content (AvgIpc) is 2.33. The molecule has 0 amide bonds. The summed E-state index contributed by atoms with van der Waals surface area (Å²) in [5.74, 6) is 0.943. The lowest BCUT2D eigenvalue weighted by Gasteiger charge is -2.25. The number of methoxy groups -OCH3 is 1. The van der Waals surface area contributed by atoms with E-state index in [4.69, 9.17) is 4.74 Å². The summed E-state index contributed by atoms with van der Waals surface area (Å²) in [5, 5.41) is 6.93. The maximum atomic E-state index is 5.39. The molecule has 1 heterocycles. The maximum absolute atomic E-state index is 5.39. The van der Waals surface area contributed by atoms with Crippen LogP contribution in [0.3, 0.4) is 0 Å². The van der Waals surface area contributed by atoms with Crippen molar-refractivity contribution < 1.29 is 4.74 Å². The fourth-order valence-corrected chi connectivity index (χ4v) is 2.10. The van der Waals surface area contributed by atoms with Gasteiger partial charge in [-0.3, -0.25) is 0 Å². The summed E-state index contributed by atoms with van der Waals surface area (Å²) in [7, 11) is 1.72. The Hall–Kier alpha value is -1.22. The third-order valence-electron chi connectivity index (χ3n) is 3.06. The third kappa shape index (κ3) is 2.67. The molecule has 1 aromatic carbocycles. The van der Waals surface area contributed by atoms with Gasteiger partial charge in [-0.25, -0.2) is 0 Å². The van der Waals surface area contributed by atoms with Crippen molar-refractivity contribution in [3.63, 3.8) is 0 Å². The zero-order chi connectivity index (χ0) is 11.4. The van der Waals surface area contributed by atoms with Gasteiger partial charge in [0.1, 0.15) is 5.75 Å². The molecule has 0 saturated carbocycles. The number of aryl methyl sites for hydroxylation is 1. The van der Waals surface area contributed by atoms with Gasteiger partial charge in [0.25, 0.3) is 0 Å². The largest absolute Gasteiger partial charge is 0.495 e. The zero-order valence-corrected chi connectivity index (χ0v) is 10.0. The molecule has 0 atom stereocenters. The van der Waals surface area contributed by atoms with Crippen LogP contribution < -0.4 is 15.4 Å². The zero-order valence-electron chi connectivity index (χ0n) is 10.0. The molecule has 1 aromatic rings. The lowest BCUT2D eigenvalue weighted by atomic mass is 10.1. The van der Waals surface area contributed by atoms with Crippen LogP contribution in [0.15, 0.2) is 18.2 Å². The summed E-state index contributed by atoms with van der Waals surface area (Å²) >= 11 is 0. The quantitative estimate of drug-likeness (QED) is 0.819. The number of nitrogens with one attached hydrogen (secondary N) is 2. The van der Waals surface area contributed by atoms with Crippen molar-refractivity contribution in [2.24, 2.45) is 0 Å². The highest BCUT2D eigenvalue weighted by Crippen LogP contribution is 2.26. The molecule has 0 unspecified atom stereocenters. The molecule has 0 aromatic heterocycles. The van der Waals surface area contributed by atoms with E-state index < -0.39 is 0 Å². The van der Waals surface area contributed by atoms with Crippen LogP contribution in [0.25, 0.3) is 0 Å². The second-order valence-electron chi connectivity index (χ2n) is 4.37. The first-order chi connectivity index (χ1) is 7.79. The van der Waals surface area contributed by atoms with Crippen molar-refractivity contribution in [2.75, 3.05) is 25.5 Å². The summed E-state index contributed by atoms with van der Waals surface area (Å²) in [4.78, 5) is 0. The van der Waals surface area contributed by atoms with Crippen LogP contribution in [0.2, 0.25) is 0 Å². The Morgan fingerprint density at radius 2 is 2.06 bits per heavy atom. The predicted molar refractivity (Wildman–Crippen MR) is 67.2 cm³/mol. The molecule has 2 N–H and O–H groups in total. The molecule has 0 radical (unpaired) electrons. The predicted octanol–water partition coefficient (Wildman–Crippen LogP) is 2.17. The van der Waals surface area contributed by atoms with Gasteiger partial charge in [-0.15, -0.1) is 0 Å². The average molecular weight is 220 g/mol. The van der Waals surface area contributed by atoms with Crippen LogP contribution >= 0.6 is 0 Å². The summed E-state index contributed by atoms with van der Waals surface area (Å²) < 4.78 is 5.39. The molecular weight excluding hydrogens is 200 g/mol. The minimum Gasteiger partial charge on any atom is -0.495 e. The number of piperidine rings is 1. The Morgan fingerprint density at radius 1 is 1.31 bits per heavy atom. The lowest BCUT2D eigenvalue weighted by Crippen LogP contribution is -2.35. The number of rotatable bonds is 3. The van der Waals surface area contributed by atoms with Crippen LogP contribution in [-0.2, 0) is 0 Å². The Balaban J connectivity index is 2.07. The second-order valence-corrected chi connectivity index (χ2v) is 4.37. The molecule has 0 bridgehead atoms. The summed E-state index contributed by atoms with van der Waals surface area (Å²) in [5.41, 5.74) is 2.34. The molecule has 1 saturated heterocycles. The first-order valence-corrected chi connectivity index (χ1v) is 5.91. The van der Waals surface area contributed by atoms with Crippen molar-refractivity contribution in [2.45, 2.75) is 25.8 Å². The Morgan fingerprint density at radius 3 is 2.75 bits per heavy atom. The van der Waals surface area contributed by atoms with Crippen molar-refractivity contribution in [3.05, 3.63) is 23.8 Å². The van der Waals surface area contributed by atoms with Gasteiger partial charge in [0, 0.05) is 6.04 Å². The normalized spacial score (nSPS) is 17.1. The Bertz CT molecular complexity index is 346. The van der Waals surface area contributed by atoms with Crippen LogP contribution in [-0.4, -0.2) is 26.2 Å². The van der Waals surface area contributed by atoms with Crippen LogP contribution in [0.1, 0.15) is 18.4 Å². The van der Waals surface area contributed by atoms with E-state index in [2.05, 4.69) is 35.8 Å². The van der Waals surface area contributed by atoms with Crippen LogP contribution in [0.4, 0.5) is 5.69 Å². The summed E-state index contributed by atoms with van der Waals surface area (Å²) in [6.07, 6.45) is 2.36. The molecule has 1 aliphatic heterocycles. The van der Waals surface area contributed by atoms with E-state index in [0.717, 1.165) is 24.5 Å². The first-order valence-electron chi connectivity index (χ1n) is 5.91. The van der Waals surface area contributed by atoms with Gasteiger partial charge in [-0.05, 0) is 50.6 Å². The van der Waals surface area contributed by atoms with Crippen LogP contribution in [0.5, 0.6) is 5.75 Å². The number of benzene rings is 1. The van der Waals surface area contributed by atoms with Gasteiger partial charge in [0.15, 0.2) is 0 Å². The second kappa shape index (κ2) is 5.21. The number of anilines is 1. The van der Waals surface area contributed by atoms with Gasteiger partial charge < -0.3 is 15.4 Å². The molecule has 1 aliphatic rings. The highest BCUT2D eigenvalue weighted by atomic mass is 16.5. The first kappa shape index (κ1) is 11.3. The van der Waals surface area contributed by atoms with E-state index in [9.17, 15) is 0 Å². The van der Waals surface area contributed by atoms with E-state index in [1.165, 1.54) is 18.4 Å². The molecule has 1 fully saturated rings. The minimum absolute atomic E-state index is 0.567. The monoisotopic (exact) mass is 220 g/mol. The summed E-state index contributed by atoms with van der Waals surface area (Å²) in [6, 6.07) is 6.86. The van der Waals surface area contributed by atoms with E-state index in [1.54, 1.807) is 7.11 Å². The van der Waals surface area contributed by atoms with Crippen molar-refractivity contribution in [3.8, 4) is 5.75 Å². The molecule has 16 heavy (non-hydrogen) atoms. The SMILES string of the molecule is COc1cc(C)ccc1NC1CCNCC1. The molecule has 3 nitrogen and oxygen atoms in total. The van der Waals surface area contributed by atoms with Gasteiger partial charge in [0.2, 0.25) is 0 Å². The highest BCUT2D eigenvalue weighted by molar-refractivity contribution is 5.58. The molecule has 0 spiro atoms. The molecule has 2 rings (SSSR count). The van der Waals surface area contributed by atoms with E-state index in [1.807, 2.05) is 0 Å². The molecule has 0 aliphatic carbocycles. The smallest absolute Gasteiger partial charge is 0.142 e. The van der Waals surface area contributed by atoms with Gasteiger partial charge in [0.05, 0.1) is 12.8 Å². The van der Waals surface area contributed by atoms with Crippen LogP contribution in [0, 0.1) is 6.92 Å². The fourth-order valence-electron chi connectivity index (χ4n) is 2.10.